The van der Waals surface area contributed by atoms with Crippen molar-refractivity contribution >= 4 is 11.0 Å². The Kier molecular flexibility index (Phi) is 1.59. The maximum Gasteiger partial charge on any atom is 0.0926 e. The Morgan fingerprint density at radius 2 is 2.42 bits per heavy atom. The minimum Gasteiger partial charge on any atom is -0.360 e. The fraction of sp³-hybridized carbons (Fsp3) is 0.222. The molecular formula is C9H11N3. The molecule has 0 fully saturated rings. The van der Waals surface area contributed by atoms with Crippen molar-refractivity contribution < 1.29 is 0 Å². The number of nitrogens with one attached hydrogen (secondary N) is 1. The third-order valence-electron chi connectivity index (χ3n) is 1.95. The van der Waals surface area contributed by atoms with Gasteiger partial charge in [-0.25, -0.2) is 0 Å². The molecule has 0 aliphatic carbocycles. The molecule has 0 amide bonds. The van der Waals surface area contributed by atoms with Crippen LogP contribution in [-0.2, 0) is 0 Å². The number of hydrogen-bond acceptors (Lipinski definition) is 2. The van der Waals surface area contributed by atoms with Gasteiger partial charge in [-0.3, -0.25) is 4.98 Å². The molecule has 2 aromatic rings. The maximum absolute atomic E-state index is 5.76. The summed E-state index contributed by atoms with van der Waals surface area (Å²) in [5.41, 5.74) is 8.86. The Labute approximate surface area is 70.6 Å². The summed E-state index contributed by atoms with van der Waals surface area (Å²) in [6.45, 7) is 1.96. The number of aromatic amines is 1. The van der Waals surface area contributed by atoms with Crippen molar-refractivity contribution in [2.75, 3.05) is 0 Å². The number of rotatable bonds is 1. The van der Waals surface area contributed by atoms with Crippen LogP contribution in [0.4, 0.5) is 0 Å². The average Bonchev–Trinajstić information content (AvgIpc) is 2.47. The van der Waals surface area contributed by atoms with E-state index in [1.165, 1.54) is 0 Å². The van der Waals surface area contributed by atoms with Crippen molar-refractivity contribution in [3.63, 3.8) is 0 Å². The summed E-state index contributed by atoms with van der Waals surface area (Å²) in [6, 6.07) is 3.94. The van der Waals surface area contributed by atoms with E-state index in [0.29, 0.717) is 0 Å². The van der Waals surface area contributed by atoms with E-state index in [1.807, 2.05) is 25.3 Å². The fourth-order valence-electron chi connectivity index (χ4n) is 1.32. The highest BCUT2D eigenvalue weighted by molar-refractivity contribution is 5.78. The Morgan fingerprint density at radius 3 is 3.17 bits per heavy atom. The van der Waals surface area contributed by atoms with Gasteiger partial charge in [-0.1, -0.05) is 0 Å². The third-order valence-corrected chi connectivity index (χ3v) is 1.95. The van der Waals surface area contributed by atoms with Crippen molar-refractivity contribution in [1.82, 2.24) is 9.97 Å². The molecule has 0 unspecified atom stereocenters. The van der Waals surface area contributed by atoms with Crippen molar-refractivity contribution in [2.45, 2.75) is 13.0 Å². The summed E-state index contributed by atoms with van der Waals surface area (Å²) in [5, 5.41) is 0. The standard InChI is InChI=1S/C9H11N3/c1-6(10)7-5-12-8-3-2-4-11-9(7)8/h2-6,12H,10H2,1H3/t6-/m0/s1. The molecule has 2 heterocycles. The zero-order valence-corrected chi connectivity index (χ0v) is 6.91. The number of H-pyrrole nitrogens is 1. The first-order valence-corrected chi connectivity index (χ1v) is 3.96. The monoisotopic (exact) mass is 161 g/mol. The van der Waals surface area contributed by atoms with Crippen molar-refractivity contribution in [1.29, 1.82) is 0 Å². The van der Waals surface area contributed by atoms with Gasteiger partial charge in [-0.15, -0.1) is 0 Å². The largest absolute Gasteiger partial charge is 0.360 e. The lowest BCUT2D eigenvalue weighted by Crippen LogP contribution is -2.03. The number of hydrogen-bond donors (Lipinski definition) is 2. The lowest BCUT2D eigenvalue weighted by molar-refractivity contribution is 0.824. The van der Waals surface area contributed by atoms with E-state index < -0.39 is 0 Å². The molecule has 62 valence electrons. The number of aromatic nitrogens is 2. The third kappa shape index (κ3) is 0.987. The summed E-state index contributed by atoms with van der Waals surface area (Å²) >= 11 is 0. The minimum absolute atomic E-state index is 0.0358. The van der Waals surface area contributed by atoms with Gasteiger partial charge in [0.05, 0.1) is 11.0 Å². The average molecular weight is 161 g/mol. The molecule has 0 spiro atoms. The molecule has 12 heavy (non-hydrogen) atoms. The van der Waals surface area contributed by atoms with Gasteiger partial charge in [0.15, 0.2) is 0 Å². The molecule has 0 bridgehead atoms. The van der Waals surface area contributed by atoms with E-state index in [0.717, 1.165) is 16.6 Å². The molecule has 2 rings (SSSR count). The first kappa shape index (κ1) is 7.31. The molecule has 3 nitrogen and oxygen atoms in total. The zero-order chi connectivity index (χ0) is 8.55. The van der Waals surface area contributed by atoms with Gasteiger partial charge in [0.25, 0.3) is 0 Å². The molecule has 2 aromatic heterocycles. The molecule has 1 atom stereocenters. The second-order valence-electron chi connectivity index (χ2n) is 2.93. The van der Waals surface area contributed by atoms with Crippen molar-refractivity contribution in [3.05, 3.63) is 30.1 Å². The zero-order valence-electron chi connectivity index (χ0n) is 6.91. The maximum atomic E-state index is 5.76. The lowest BCUT2D eigenvalue weighted by atomic mass is 10.1. The first-order valence-electron chi connectivity index (χ1n) is 3.96. The molecule has 0 radical (unpaired) electrons. The van der Waals surface area contributed by atoms with Crippen molar-refractivity contribution in [3.8, 4) is 0 Å². The highest BCUT2D eigenvalue weighted by Crippen LogP contribution is 2.19. The van der Waals surface area contributed by atoms with Gasteiger partial charge in [0.1, 0.15) is 0 Å². The molecule has 0 saturated carbocycles. The van der Waals surface area contributed by atoms with Crippen LogP contribution in [0.15, 0.2) is 24.5 Å². The Hall–Kier alpha value is -1.35. The van der Waals surface area contributed by atoms with Crippen LogP contribution in [0.1, 0.15) is 18.5 Å². The molecule has 0 aromatic carbocycles. The SMILES string of the molecule is C[C@H](N)c1c[nH]c2cccnc12. The van der Waals surface area contributed by atoms with E-state index in [2.05, 4.69) is 9.97 Å². The van der Waals surface area contributed by atoms with Gasteiger partial charge in [0.2, 0.25) is 0 Å². The second kappa shape index (κ2) is 2.60. The quantitative estimate of drug-likeness (QED) is 0.667. The minimum atomic E-state index is 0.0358. The molecule has 3 N–H and O–H groups in total. The number of pyridine rings is 1. The second-order valence-corrected chi connectivity index (χ2v) is 2.93. The van der Waals surface area contributed by atoms with E-state index in [4.69, 9.17) is 5.73 Å². The summed E-state index contributed by atoms with van der Waals surface area (Å²) in [6.07, 6.45) is 3.70. The number of nitrogens with two attached hydrogens (primary N) is 1. The summed E-state index contributed by atoms with van der Waals surface area (Å²) in [7, 11) is 0. The Balaban J connectivity index is 2.70. The molecule has 0 saturated heterocycles. The van der Waals surface area contributed by atoms with Gasteiger partial charge in [-0.2, -0.15) is 0 Å². The van der Waals surface area contributed by atoms with Gasteiger partial charge in [-0.05, 0) is 19.1 Å². The summed E-state index contributed by atoms with van der Waals surface area (Å²) in [4.78, 5) is 7.38. The smallest absolute Gasteiger partial charge is 0.0926 e. The van der Waals surface area contributed by atoms with Crippen LogP contribution < -0.4 is 5.73 Å². The van der Waals surface area contributed by atoms with Crippen LogP contribution in [0.25, 0.3) is 11.0 Å². The molecule has 0 aliphatic rings. The van der Waals surface area contributed by atoms with Gasteiger partial charge in [0, 0.05) is 24.0 Å². The van der Waals surface area contributed by atoms with Crippen LogP contribution in [-0.4, -0.2) is 9.97 Å². The van der Waals surface area contributed by atoms with Crippen LogP contribution in [0, 0.1) is 0 Å². The van der Waals surface area contributed by atoms with Crippen LogP contribution in [0.2, 0.25) is 0 Å². The van der Waals surface area contributed by atoms with Crippen LogP contribution >= 0.6 is 0 Å². The van der Waals surface area contributed by atoms with E-state index in [1.54, 1.807) is 6.20 Å². The summed E-state index contributed by atoms with van der Waals surface area (Å²) < 4.78 is 0. The van der Waals surface area contributed by atoms with Gasteiger partial charge >= 0.3 is 0 Å². The first-order chi connectivity index (χ1) is 5.79. The number of fused-ring (bicyclic) bond motifs is 1. The van der Waals surface area contributed by atoms with E-state index in [-0.39, 0.29) is 6.04 Å². The molecular weight excluding hydrogens is 150 g/mol. The molecule has 0 aliphatic heterocycles. The van der Waals surface area contributed by atoms with E-state index >= 15 is 0 Å². The Bertz CT molecular complexity index is 389. The predicted octanol–water partition coefficient (Wildman–Crippen LogP) is 1.58. The van der Waals surface area contributed by atoms with E-state index in [9.17, 15) is 0 Å². The van der Waals surface area contributed by atoms with Crippen LogP contribution in [0.3, 0.4) is 0 Å². The normalized spacial score (nSPS) is 13.5. The van der Waals surface area contributed by atoms with Crippen molar-refractivity contribution in [2.24, 2.45) is 5.73 Å². The van der Waals surface area contributed by atoms with Crippen LogP contribution in [0.5, 0.6) is 0 Å². The lowest BCUT2D eigenvalue weighted by Gasteiger charge is -2.00. The number of nitrogens with zero attached hydrogens (tertiary/aromatic N) is 1. The predicted molar refractivity (Wildman–Crippen MR) is 48.7 cm³/mol. The highest BCUT2D eigenvalue weighted by Gasteiger charge is 2.06. The Morgan fingerprint density at radius 1 is 1.58 bits per heavy atom. The topological polar surface area (TPSA) is 54.7 Å². The fourth-order valence-corrected chi connectivity index (χ4v) is 1.32. The summed E-state index contributed by atoms with van der Waals surface area (Å²) in [5.74, 6) is 0. The highest BCUT2D eigenvalue weighted by atomic mass is 14.8. The van der Waals surface area contributed by atoms with Gasteiger partial charge < -0.3 is 10.7 Å². The molecule has 3 heteroatoms.